The molecule has 4 amide bonds. The molecular weight excluding hydrogens is 672 g/mol. The van der Waals surface area contributed by atoms with Crippen LogP contribution >= 0.6 is 0 Å². The lowest BCUT2D eigenvalue weighted by atomic mass is 9.82. The Morgan fingerprint density at radius 1 is 0.962 bits per heavy atom. The van der Waals surface area contributed by atoms with Crippen molar-refractivity contribution in [3.8, 4) is 11.1 Å². The van der Waals surface area contributed by atoms with Crippen LogP contribution in [0.2, 0.25) is 0 Å². The van der Waals surface area contributed by atoms with Gasteiger partial charge in [0, 0.05) is 61.2 Å². The standard InChI is InChI=1S/C39H47F2N5O6/c1-39(2,3)37(33-20-27(30-21-28(40)13-14-31(30)41)24-44(33)23-26-10-6-4-7-11-26)46(36(51)25-47)19-17-32(42)38(52)43-22-29(48)12-8-5-9-18-45-34(49)15-16-35(45)50/h4,6-7,10-11,13-16,20-21,24,32,37,47H,5,8-9,12,17-19,22-23,25,42H2,1-3H3,(H,43,52)/t32-,37-/m0/s1. The van der Waals surface area contributed by atoms with Crippen molar-refractivity contribution < 1.29 is 37.9 Å². The second-order valence-corrected chi connectivity index (χ2v) is 14.0. The largest absolute Gasteiger partial charge is 0.387 e. The van der Waals surface area contributed by atoms with Gasteiger partial charge < -0.3 is 25.6 Å². The molecule has 278 valence electrons. The van der Waals surface area contributed by atoms with E-state index in [1.54, 1.807) is 12.3 Å². The summed E-state index contributed by atoms with van der Waals surface area (Å²) in [5.74, 6) is -3.29. The van der Waals surface area contributed by atoms with E-state index < -0.39 is 47.6 Å². The van der Waals surface area contributed by atoms with E-state index in [-0.39, 0.29) is 55.6 Å². The van der Waals surface area contributed by atoms with E-state index in [9.17, 15) is 37.9 Å². The Labute approximate surface area is 302 Å². The number of aromatic nitrogens is 1. The van der Waals surface area contributed by atoms with Crippen molar-refractivity contribution >= 4 is 29.4 Å². The second-order valence-electron chi connectivity index (χ2n) is 14.0. The summed E-state index contributed by atoms with van der Waals surface area (Å²) in [5, 5.41) is 12.6. The molecule has 0 saturated carbocycles. The molecule has 4 rings (SSSR count). The first-order chi connectivity index (χ1) is 24.7. The fourth-order valence-corrected chi connectivity index (χ4v) is 6.34. The lowest BCUT2D eigenvalue weighted by Crippen LogP contribution is -2.48. The Balaban J connectivity index is 1.44. The van der Waals surface area contributed by atoms with Crippen LogP contribution in [0.15, 0.2) is 72.9 Å². The fourth-order valence-electron chi connectivity index (χ4n) is 6.34. The van der Waals surface area contributed by atoms with Crippen LogP contribution in [0.5, 0.6) is 0 Å². The van der Waals surface area contributed by atoms with Crippen molar-refractivity contribution in [3.63, 3.8) is 0 Å². The summed E-state index contributed by atoms with van der Waals surface area (Å²) in [5.41, 5.74) is 7.59. The van der Waals surface area contributed by atoms with Gasteiger partial charge in [0.2, 0.25) is 11.8 Å². The van der Waals surface area contributed by atoms with Crippen LogP contribution in [0.3, 0.4) is 0 Å². The SMILES string of the molecule is CC(C)(C)[C@H](c1cc(-c2cc(F)ccc2F)cn1Cc1ccccc1)N(CC[C@H](N)C(=O)NCC(=O)CCCCCN1C(=O)C=CC1=O)C(=O)CO. The van der Waals surface area contributed by atoms with Gasteiger partial charge in [-0.25, -0.2) is 8.78 Å². The topological polar surface area (TPSA) is 155 Å². The Hall–Kier alpha value is -5.01. The lowest BCUT2D eigenvalue weighted by molar-refractivity contribution is -0.140. The average Bonchev–Trinajstić information content (AvgIpc) is 3.66. The third-order valence-corrected chi connectivity index (χ3v) is 8.95. The van der Waals surface area contributed by atoms with Crippen LogP contribution < -0.4 is 11.1 Å². The minimum absolute atomic E-state index is 0.00587. The molecule has 0 fully saturated rings. The van der Waals surface area contributed by atoms with Crippen molar-refractivity contribution in [2.75, 3.05) is 26.2 Å². The number of amides is 4. The summed E-state index contributed by atoms with van der Waals surface area (Å²) >= 11 is 0. The van der Waals surface area contributed by atoms with Gasteiger partial charge in [-0.3, -0.25) is 28.9 Å². The molecule has 2 aromatic carbocycles. The number of benzene rings is 2. The number of carbonyl (C=O) groups is 5. The number of ketones is 1. The summed E-state index contributed by atoms with van der Waals surface area (Å²) in [6, 6.07) is 12.7. The number of Topliss-reactive ketones (excluding diaryl/α,β-unsaturated/α-hetero) is 1. The molecule has 2 atom stereocenters. The number of halogens is 2. The van der Waals surface area contributed by atoms with Gasteiger partial charge in [0.05, 0.1) is 18.6 Å². The number of hydrogen-bond donors (Lipinski definition) is 3. The predicted octanol–water partition coefficient (Wildman–Crippen LogP) is 4.28. The Bertz CT molecular complexity index is 1770. The number of aliphatic hydroxyl groups excluding tert-OH is 1. The summed E-state index contributed by atoms with van der Waals surface area (Å²) in [6.45, 7) is 5.32. The molecule has 1 aromatic heterocycles. The monoisotopic (exact) mass is 719 g/mol. The van der Waals surface area contributed by atoms with Crippen LogP contribution in [-0.4, -0.2) is 81.2 Å². The highest BCUT2D eigenvalue weighted by molar-refractivity contribution is 6.12. The number of rotatable bonds is 18. The van der Waals surface area contributed by atoms with Gasteiger partial charge in [0.1, 0.15) is 18.2 Å². The third kappa shape index (κ3) is 10.5. The summed E-state index contributed by atoms with van der Waals surface area (Å²) in [6.07, 6.45) is 6.07. The maximum absolute atomic E-state index is 15.0. The zero-order chi connectivity index (χ0) is 38.0. The molecular formula is C39H47F2N5O6. The first-order valence-electron chi connectivity index (χ1n) is 17.4. The third-order valence-electron chi connectivity index (χ3n) is 8.95. The van der Waals surface area contributed by atoms with E-state index in [0.717, 1.165) is 28.7 Å². The quantitative estimate of drug-likeness (QED) is 0.131. The molecule has 2 heterocycles. The predicted molar refractivity (Wildman–Crippen MR) is 191 cm³/mol. The van der Waals surface area contributed by atoms with Crippen LogP contribution in [0.1, 0.15) is 70.2 Å². The van der Waals surface area contributed by atoms with E-state index in [4.69, 9.17) is 5.73 Å². The number of unbranched alkanes of at least 4 members (excludes halogenated alkanes) is 2. The van der Waals surface area contributed by atoms with Crippen molar-refractivity contribution in [2.24, 2.45) is 11.1 Å². The van der Waals surface area contributed by atoms with Gasteiger partial charge in [0.15, 0.2) is 5.78 Å². The van der Waals surface area contributed by atoms with Gasteiger partial charge >= 0.3 is 0 Å². The fraction of sp³-hybridized carbons (Fsp3) is 0.410. The van der Waals surface area contributed by atoms with Gasteiger partial charge in [-0.2, -0.15) is 0 Å². The number of carbonyl (C=O) groups excluding carboxylic acids is 5. The zero-order valence-corrected chi connectivity index (χ0v) is 29.8. The molecule has 0 radical (unpaired) electrons. The number of hydrogen-bond acceptors (Lipinski definition) is 7. The van der Waals surface area contributed by atoms with E-state index in [2.05, 4.69) is 5.32 Å². The molecule has 0 spiro atoms. The van der Waals surface area contributed by atoms with Crippen LogP contribution in [0.25, 0.3) is 11.1 Å². The highest BCUT2D eigenvalue weighted by atomic mass is 19.1. The molecule has 0 bridgehead atoms. The van der Waals surface area contributed by atoms with Crippen molar-refractivity contribution in [3.05, 3.63) is 95.8 Å². The van der Waals surface area contributed by atoms with E-state index in [1.807, 2.05) is 55.7 Å². The van der Waals surface area contributed by atoms with Crippen LogP contribution in [0, 0.1) is 17.0 Å². The molecule has 11 nitrogen and oxygen atoms in total. The highest BCUT2D eigenvalue weighted by Gasteiger charge is 2.37. The molecule has 0 saturated heterocycles. The van der Waals surface area contributed by atoms with Crippen LogP contribution in [-0.2, 0) is 30.5 Å². The van der Waals surface area contributed by atoms with Crippen LogP contribution in [0.4, 0.5) is 8.78 Å². The molecule has 1 aliphatic rings. The molecule has 13 heteroatoms. The molecule has 0 aliphatic carbocycles. The first-order valence-corrected chi connectivity index (χ1v) is 17.4. The zero-order valence-electron chi connectivity index (χ0n) is 29.8. The Morgan fingerprint density at radius 3 is 2.31 bits per heavy atom. The molecule has 0 unspecified atom stereocenters. The molecule has 1 aliphatic heterocycles. The maximum atomic E-state index is 15.0. The van der Waals surface area contributed by atoms with Crippen molar-refractivity contribution in [1.29, 1.82) is 0 Å². The number of imide groups is 1. The van der Waals surface area contributed by atoms with Gasteiger partial charge in [-0.05, 0) is 54.5 Å². The number of nitrogens with zero attached hydrogens (tertiary/aromatic N) is 3. The normalized spacial score (nSPS) is 14.1. The number of aliphatic hydroxyl groups is 1. The smallest absolute Gasteiger partial charge is 0.253 e. The van der Waals surface area contributed by atoms with Crippen molar-refractivity contribution in [1.82, 2.24) is 19.7 Å². The number of nitrogens with two attached hydrogens (primary N) is 1. The lowest BCUT2D eigenvalue weighted by Gasteiger charge is -2.41. The second kappa shape index (κ2) is 18.0. The minimum Gasteiger partial charge on any atom is -0.387 e. The number of nitrogens with one attached hydrogen (secondary N) is 1. The molecule has 4 N–H and O–H groups in total. The average molecular weight is 720 g/mol. The van der Waals surface area contributed by atoms with Gasteiger partial charge in [-0.1, -0.05) is 57.5 Å². The highest BCUT2D eigenvalue weighted by Crippen LogP contribution is 2.41. The summed E-state index contributed by atoms with van der Waals surface area (Å²) < 4.78 is 31.1. The van der Waals surface area contributed by atoms with Crippen molar-refractivity contribution in [2.45, 2.75) is 71.5 Å². The Morgan fingerprint density at radius 2 is 1.65 bits per heavy atom. The summed E-state index contributed by atoms with van der Waals surface area (Å²) in [7, 11) is 0. The maximum Gasteiger partial charge on any atom is 0.253 e. The first kappa shape index (κ1) is 39.8. The van der Waals surface area contributed by atoms with Gasteiger partial charge in [0.25, 0.3) is 11.8 Å². The van der Waals surface area contributed by atoms with E-state index >= 15 is 0 Å². The summed E-state index contributed by atoms with van der Waals surface area (Å²) in [4.78, 5) is 64.6. The molecule has 3 aromatic rings. The van der Waals surface area contributed by atoms with Gasteiger partial charge in [-0.15, -0.1) is 0 Å². The molecule has 52 heavy (non-hydrogen) atoms. The minimum atomic E-state index is -1.08. The van der Waals surface area contributed by atoms with E-state index in [1.165, 1.54) is 17.1 Å². The van der Waals surface area contributed by atoms with E-state index in [0.29, 0.717) is 37.1 Å². The Kier molecular flexibility index (Phi) is 13.7.